The Kier molecular flexibility index (Phi) is 8.10. The highest BCUT2D eigenvalue weighted by molar-refractivity contribution is 7.98. The van der Waals surface area contributed by atoms with E-state index in [4.69, 9.17) is 4.74 Å². The van der Waals surface area contributed by atoms with Crippen molar-refractivity contribution in [3.05, 3.63) is 48.0 Å². The fourth-order valence-electron chi connectivity index (χ4n) is 2.42. The van der Waals surface area contributed by atoms with Gasteiger partial charge in [0.15, 0.2) is 0 Å². The number of hydrogen-bond donors (Lipinski definition) is 2. The maximum atomic E-state index is 12.7. The van der Waals surface area contributed by atoms with E-state index in [2.05, 4.69) is 10.0 Å². The molecule has 1 amide bonds. The summed E-state index contributed by atoms with van der Waals surface area (Å²) >= 11 is 1.40. The van der Waals surface area contributed by atoms with Gasteiger partial charge in [0.1, 0.15) is 0 Å². The molecule has 7 nitrogen and oxygen atoms in total. The average Bonchev–Trinajstić information content (AvgIpc) is 2.68. The molecular weight excluding hydrogens is 412 g/mol. The van der Waals surface area contributed by atoms with Gasteiger partial charge in [-0.05, 0) is 55.1 Å². The van der Waals surface area contributed by atoms with Gasteiger partial charge in [-0.3, -0.25) is 9.52 Å². The van der Waals surface area contributed by atoms with Crippen molar-refractivity contribution >= 4 is 45.0 Å². The van der Waals surface area contributed by atoms with Gasteiger partial charge in [0.2, 0.25) is 5.91 Å². The van der Waals surface area contributed by atoms with Gasteiger partial charge >= 0.3 is 5.97 Å². The third-order valence-corrected chi connectivity index (χ3v) is 6.07. The van der Waals surface area contributed by atoms with Crippen molar-refractivity contribution in [3.8, 4) is 0 Å². The van der Waals surface area contributed by atoms with E-state index >= 15 is 0 Å². The molecule has 0 saturated heterocycles. The normalized spacial score (nSPS) is 11.0. The quantitative estimate of drug-likeness (QED) is 0.348. The summed E-state index contributed by atoms with van der Waals surface area (Å²) < 4.78 is 33.0. The van der Waals surface area contributed by atoms with Crippen LogP contribution >= 0.6 is 11.8 Å². The second-order valence-electron chi connectivity index (χ2n) is 6.22. The maximum absolute atomic E-state index is 12.7. The Morgan fingerprint density at radius 1 is 1.10 bits per heavy atom. The monoisotopic (exact) mass is 436 g/mol. The molecule has 9 heteroatoms. The van der Waals surface area contributed by atoms with E-state index < -0.39 is 16.0 Å². The molecule has 0 fully saturated rings. The van der Waals surface area contributed by atoms with Crippen LogP contribution in [0.2, 0.25) is 0 Å². The van der Waals surface area contributed by atoms with Gasteiger partial charge in [-0.1, -0.05) is 13.3 Å². The van der Waals surface area contributed by atoms with Crippen LogP contribution in [-0.2, 0) is 19.6 Å². The van der Waals surface area contributed by atoms with Crippen molar-refractivity contribution in [2.24, 2.45) is 0 Å². The predicted octanol–water partition coefficient (Wildman–Crippen LogP) is 4.12. The lowest BCUT2D eigenvalue weighted by atomic mass is 10.2. The number of nitrogens with one attached hydrogen (secondary N) is 2. The number of anilines is 2. The summed E-state index contributed by atoms with van der Waals surface area (Å²) in [6.45, 7) is 3.72. The van der Waals surface area contributed by atoms with Crippen LogP contribution < -0.4 is 10.0 Å². The van der Waals surface area contributed by atoms with Gasteiger partial charge in [-0.15, -0.1) is 11.8 Å². The molecule has 0 aliphatic carbocycles. The van der Waals surface area contributed by atoms with E-state index in [1.54, 1.807) is 6.07 Å². The Labute approximate surface area is 175 Å². The molecule has 0 heterocycles. The molecule has 0 saturated carbocycles. The topological polar surface area (TPSA) is 102 Å². The number of amides is 1. The number of carbonyl (C=O) groups excluding carboxylic acids is 2. The maximum Gasteiger partial charge on any atom is 0.338 e. The molecule has 156 valence electrons. The van der Waals surface area contributed by atoms with Crippen LogP contribution in [0, 0.1) is 0 Å². The van der Waals surface area contributed by atoms with Gasteiger partial charge in [-0.2, -0.15) is 0 Å². The molecule has 0 spiro atoms. The molecule has 2 aromatic rings. The lowest BCUT2D eigenvalue weighted by Crippen LogP contribution is -2.14. The zero-order valence-electron chi connectivity index (χ0n) is 16.5. The standard InChI is InChI=1S/C20H24N2O5S2/c1-4-5-12-27-20(24)15-6-8-16(9-7-15)22-29(25,26)17-10-11-19(28-3)18(13-17)21-14(2)23/h6-11,13,22H,4-5,12H2,1-3H3,(H,21,23). The minimum atomic E-state index is -3.87. The van der Waals surface area contributed by atoms with E-state index in [-0.39, 0.29) is 10.8 Å². The number of hydrogen-bond acceptors (Lipinski definition) is 6. The Hall–Kier alpha value is -2.52. The first-order valence-corrected chi connectivity index (χ1v) is 11.7. The average molecular weight is 437 g/mol. The summed E-state index contributed by atoms with van der Waals surface area (Å²) in [7, 11) is -3.87. The van der Waals surface area contributed by atoms with Crippen LogP contribution in [-0.4, -0.2) is 33.2 Å². The number of carbonyl (C=O) groups is 2. The summed E-state index contributed by atoms with van der Waals surface area (Å²) in [6.07, 6.45) is 3.55. The number of unbranched alkanes of at least 4 members (excludes halogenated alkanes) is 1. The van der Waals surface area contributed by atoms with Crippen molar-refractivity contribution in [3.63, 3.8) is 0 Å². The van der Waals surface area contributed by atoms with Crippen molar-refractivity contribution in [1.82, 2.24) is 0 Å². The second kappa shape index (κ2) is 10.3. The zero-order valence-corrected chi connectivity index (χ0v) is 18.2. The van der Waals surface area contributed by atoms with E-state index in [0.29, 0.717) is 23.5 Å². The second-order valence-corrected chi connectivity index (χ2v) is 8.75. The Balaban J connectivity index is 2.16. The van der Waals surface area contributed by atoms with Crippen molar-refractivity contribution in [2.45, 2.75) is 36.5 Å². The van der Waals surface area contributed by atoms with Gasteiger partial charge in [0, 0.05) is 17.5 Å². The van der Waals surface area contributed by atoms with Crippen LogP contribution in [0.3, 0.4) is 0 Å². The highest BCUT2D eigenvalue weighted by Crippen LogP contribution is 2.29. The molecule has 0 unspecified atom stereocenters. The van der Waals surface area contributed by atoms with E-state index in [1.807, 2.05) is 13.2 Å². The number of sulfonamides is 1. The predicted molar refractivity (Wildman–Crippen MR) is 115 cm³/mol. The van der Waals surface area contributed by atoms with Gasteiger partial charge in [-0.25, -0.2) is 13.2 Å². The lowest BCUT2D eigenvalue weighted by Gasteiger charge is -2.12. The van der Waals surface area contributed by atoms with Gasteiger partial charge in [0.25, 0.3) is 10.0 Å². The van der Waals surface area contributed by atoms with Crippen molar-refractivity contribution in [1.29, 1.82) is 0 Å². The molecule has 0 radical (unpaired) electrons. The first-order chi connectivity index (χ1) is 13.8. The third kappa shape index (κ3) is 6.50. The van der Waals surface area contributed by atoms with Crippen LogP contribution in [0.5, 0.6) is 0 Å². The smallest absolute Gasteiger partial charge is 0.338 e. The molecule has 0 aliphatic heterocycles. The summed E-state index contributed by atoms with van der Waals surface area (Å²) in [5.41, 5.74) is 1.09. The highest BCUT2D eigenvalue weighted by atomic mass is 32.2. The van der Waals surface area contributed by atoms with Crippen LogP contribution in [0.25, 0.3) is 0 Å². The van der Waals surface area contributed by atoms with E-state index in [9.17, 15) is 18.0 Å². The fourth-order valence-corrected chi connectivity index (χ4v) is 4.04. The molecule has 0 aromatic heterocycles. The van der Waals surface area contributed by atoms with Gasteiger partial charge in [0.05, 0.1) is 22.8 Å². The van der Waals surface area contributed by atoms with Crippen molar-refractivity contribution in [2.75, 3.05) is 22.9 Å². The Morgan fingerprint density at radius 2 is 1.79 bits per heavy atom. The third-order valence-electron chi connectivity index (χ3n) is 3.90. The summed E-state index contributed by atoms with van der Waals surface area (Å²) in [6, 6.07) is 10.5. The van der Waals surface area contributed by atoms with E-state index in [1.165, 1.54) is 55.1 Å². The molecule has 2 rings (SSSR count). The Bertz CT molecular complexity index is 973. The summed E-state index contributed by atoms with van der Waals surface area (Å²) in [4.78, 5) is 24.1. The highest BCUT2D eigenvalue weighted by Gasteiger charge is 2.17. The largest absolute Gasteiger partial charge is 0.462 e. The Morgan fingerprint density at radius 3 is 2.38 bits per heavy atom. The van der Waals surface area contributed by atoms with Crippen molar-refractivity contribution < 1.29 is 22.7 Å². The summed E-state index contributed by atoms with van der Waals surface area (Å²) in [5, 5.41) is 2.64. The van der Waals surface area contributed by atoms with Crippen LogP contribution in [0.4, 0.5) is 11.4 Å². The molecule has 29 heavy (non-hydrogen) atoms. The minimum Gasteiger partial charge on any atom is -0.462 e. The molecule has 2 aromatic carbocycles. The summed E-state index contributed by atoms with van der Waals surface area (Å²) in [5.74, 6) is -0.732. The number of thioether (sulfide) groups is 1. The minimum absolute atomic E-state index is 0.0158. The SMILES string of the molecule is CCCCOC(=O)c1ccc(NS(=O)(=O)c2ccc(SC)c(NC(C)=O)c2)cc1. The number of benzene rings is 2. The lowest BCUT2D eigenvalue weighted by molar-refractivity contribution is -0.114. The number of rotatable bonds is 9. The molecule has 0 aliphatic rings. The van der Waals surface area contributed by atoms with Gasteiger partial charge < -0.3 is 10.1 Å². The molecule has 0 bridgehead atoms. The molecule has 2 N–H and O–H groups in total. The number of ether oxygens (including phenoxy) is 1. The number of esters is 1. The molecule has 0 atom stereocenters. The van der Waals surface area contributed by atoms with Crippen LogP contribution in [0.15, 0.2) is 52.3 Å². The first-order valence-electron chi connectivity index (χ1n) is 9.02. The molecular formula is C20H24N2O5S2. The zero-order chi connectivity index (χ0) is 21.4. The van der Waals surface area contributed by atoms with E-state index in [0.717, 1.165) is 17.7 Å². The van der Waals surface area contributed by atoms with Crippen LogP contribution in [0.1, 0.15) is 37.0 Å². The first kappa shape index (κ1) is 22.8. The fraction of sp³-hybridized carbons (Fsp3) is 0.300.